The predicted molar refractivity (Wildman–Crippen MR) is 87.0 cm³/mol. The molecule has 22 heavy (non-hydrogen) atoms. The van der Waals surface area contributed by atoms with Gasteiger partial charge in [-0.2, -0.15) is 16.9 Å². The van der Waals surface area contributed by atoms with Gasteiger partial charge in [0.2, 0.25) is 5.91 Å². The average molecular weight is 321 g/mol. The largest absolute Gasteiger partial charge is 0.338 e. The Balaban J connectivity index is 1.76. The number of carbonyl (C=O) groups excluding carboxylic acids is 1. The molecule has 0 spiro atoms. The quantitative estimate of drug-likeness (QED) is 0.702. The molecule has 0 N–H and O–H groups in total. The van der Waals surface area contributed by atoms with Crippen molar-refractivity contribution < 1.29 is 9.18 Å². The van der Waals surface area contributed by atoms with Gasteiger partial charge in [0.25, 0.3) is 0 Å². The number of carbonyl (C=O) groups is 1. The second-order valence-corrected chi connectivity index (χ2v) is 5.96. The van der Waals surface area contributed by atoms with Gasteiger partial charge in [-0.15, -0.1) is 0 Å². The van der Waals surface area contributed by atoms with E-state index in [1.54, 1.807) is 28.9 Å². The van der Waals surface area contributed by atoms with E-state index in [2.05, 4.69) is 5.10 Å². The molecule has 0 saturated carbocycles. The van der Waals surface area contributed by atoms with E-state index < -0.39 is 0 Å². The number of rotatable bonds is 8. The summed E-state index contributed by atoms with van der Waals surface area (Å²) in [5, 5.41) is 4.12. The number of halogens is 1. The molecule has 1 aromatic carbocycles. The Hall–Kier alpha value is -1.82. The first-order valence-corrected chi connectivity index (χ1v) is 8.42. The van der Waals surface area contributed by atoms with Gasteiger partial charge in [-0.1, -0.05) is 12.1 Å². The lowest BCUT2D eigenvalue weighted by Gasteiger charge is -2.21. The number of hydrogen-bond acceptors (Lipinski definition) is 3. The highest BCUT2D eigenvalue weighted by atomic mass is 32.2. The van der Waals surface area contributed by atoms with Crippen LogP contribution in [0.15, 0.2) is 42.7 Å². The van der Waals surface area contributed by atoms with Crippen molar-refractivity contribution in [3.05, 3.63) is 54.1 Å². The molecule has 118 valence electrons. The minimum atomic E-state index is -0.269. The maximum atomic E-state index is 13.2. The number of aromatic nitrogens is 2. The third kappa shape index (κ3) is 5.18. The minimum absolute atomic E-state index is 0.0808. The van der Waals surface area contributed by atoms with Gasteiger partial charge < -0.3 is 4.90 Å². The van der Waals surface area contributed by atoms with Crippen LogP contribution >= 0.6 is 11.8 Å². The predicted octanol–water partition coefficient (Wildman–Crippen LogP) is 2.80. The highest BCUT2D eigenvalue weighted by Crippen LogP contribution is 2.10. The van der Waals surface area contributed by atoms with Gasteiger partial charge >= 0.3 is 0 Å². The molecule has 0 aliphatic carbocycles. The fourth-order valence-corrected chi connectivity index (χ4v) is 2.89. The van der Waals surface area contributed by atoms with Crippen molar-refractivity contribution in [2.75, 3.05) is 18.1 Å². The summed E-state index contributed by atoms with van der Waals surface area (Å²) < 4.78 is 15.0. The summed E-state index contributed by atoms with van der Waals surface area (Å²) in [5.41, 5.74) is 0.816. The molecule has 0 atom stereocenters. The Morgan fingerprint density at radius 3 is 2.95 bits per heavy atom. The topological polar surface area (TPSA) is 38.1 Å². The highest BCUT2D eigenvalue weighted by molar-refractivity contribution is 7.99. The van der Waals surface area contributed by atoms with Crippen molar-refractivity contribution in [1.82, 2.24) is 14.7 Å². The van der Waals surface area contributed by atoms with E-state index in [-0.39, 0.29) is 11.7 Å². The third-order valence-electron chi connectivity index (χ3n) is 3.25. The van der Waals surface area contributed by atoms with Crippen LogP contribution in [-0.2, 0) is 17.9 Å². The van der Waals surface area contributed by atoms with Crippen LogP contribution in [0.25, 0.3) is 0 Å². The molecular formula is C16H20FN3OS. The Morgan fingerprint density at radius 1 is 1.41 bits per heavy atom. The van der Waals surface area contributed by atoms with Crippen LogP contribution in [0.1, 0.15) is 12.5 Å². The van der Waals surface area contributed by atoms with Gasteiger partial charge in [0.1, 0.15) is 5.82 Å². The fraction of sp³-hybridized carbons (Fsp3) is 0.375. The van der Waals surface area contributed by atoms with Crippen LogP contribution in [0.2, 0.25) is 0 Å². The summed E-state index contributed by atoms with van der Waals surface area (Å²) in [6, 6.07) is 8.27. The summed E-state index contributed by atoms with van der Waals surface area (Å²) in [5.74, 6) is 1.09. The summed E-state index contributed by atoms with van der Waals surface area (Å²) in [6.45, 7) is 3.80. The maximum absolute atomic E-state index is 13.2. The molecule has 0 radical (unpaired) electrons. The van der Waals surface area contributed by atoms with E-state index in [0.717, 1.165) is 17.9 Å². The first-order chi connectivity index (χ1) is 10.7. The van der Waals surface area contributed by atoms with E-state index >= 15 is 0 Å². The molecule has 0 unspecified atom stereocenters. The molecule has 0 bridgehead atoms. The summed E-state index contributed by atoms with van der Waals surface area (Å²) in [4.78, 5) is 14.0. The van der Waals surface area contributed by atoms with Gasteiger partial charge in [0.05, 0.1) is 5.75 Å². The van der Waals surface area contributed by atoms with Gasteiger partial charge in [-0.25, -0.2) is 4.39 Å². The van der Waals surface area contributed by atoms with E-state index in [9.17, 15) is 9.18 Å². The van der Waals surface area contributed by atoms with Crippen molar-refractivity contribution in [1.29, 1.82) is 0 Å². The zero-order valence-electron chi connectivity index (χ0n) is 12.6. The van der Waals surface area contributed by atoms with Crippen LogP contribution in [0.3, 0.4) is 0 Å². The average Bonchev–Trinajstić information content (AvgIpc) is 3.02. The normalized spacial score (nSPS) is 10.6. The SMILES string of the molecule is CCN(Cc1cccc(F)c1)C(=O)CSCCn1cccn1. The third-order valence-corrected chi connectivity index (χ3v) is 4.17. The molecule has 0 aliphatic heterocycles. The lowest BCUT2D eigenvalue weighted by molar-refractivity contribution is -0.128. The standard InChI is InChI=1S/C16H20FN3OS/c1-2-19(12-14-5-3-6-15(17)11-14)16(21)13-22-10-9-20-8-4-7-18-20/h3-8,11H,2,9-10,12-13H2,1H3. The van der Waals surface area contributed by atoms with Crippen LogP contribution in [0.4, 0.5) is 4.39 Å². The lowest BCUT2D eigenvalue weighted by atomic mass is 10.2. The Labute approximate surface area is 134 Å². The molecule has 1 aromatic heterocycles. The Bertz CT molecular complexity index is 589. The zero-order valence-corrected chi connectivity index (χ0v) is 13.4. The lowest BCUT2D eigenvalue weighted by Crippen LogP contribution is -2.32. The van der Waals surface area contributed by atoms with Crippen LogP contribution in [0, 0.1) is 5.82 Å². The first kappa shape index (κ1) is 16.5. The van der Waals surface area contributed by atoms with Crippen LogP contribution in [0.5, 0.6) is 0 Å². The summed E-state index contributed by atoms with van der Waals surface area (Å²) in [6.07, 6.45) is 3.65. The second-order valence-electron chi connectivity index (χ2n) is 4.86. The van der Waals surface area contributed by atoms with Gasteiger partial charge in [-0.05, 0) is 30.7 Å². The number of aryl methyl sites for hydroxylation is 1. The van der Waals surface area contributed by atoms with E-state index in [1.165, 1.54) is 12.1 Å². The van der Waals surface area contributed by atoms with Crippen molar-refractivity contribution >= 4 is 17.7 Å². The molecule has 0 aliphatic rings. The Kier molecular flexibility index (Phi) is 6.45. The molecule has 1 heterocycles. The molecule has 2 aromatic rings. The molecular weight excluding hydrogens is 301 g/mol. The number of hydrogen-bond donors (Lipinski definition) is 0. The number of thioether (sulfide) groups is 1. The number of amides is 1. The van der Waals surface area contributed by atoms with Crippen molar-refractivity contribution in [2.24, 2.45) is 0 Å². The number of nitrogens with zero attached hydrogens (tertiary/aromatic N) is 3. The maximum Gasteiger partial charge on any atom is 0.232 e. The van der Waals surface area contributed by atoms with Crippen molar-refractivity contribution in [2.45, 2.75) is 20.0 Å². The molecule has 0 fully saturated rings. The second kappa shape index (κ2) is 8.58. The first-order valence-electron chi connectivity index (χ1n) is 7.26. The molecule has 4 nitrogen and oxygen atoms in total. The summed E-state index contributed by atoms with van der Waals surface area (Å²) in [7, 11) is 0. The molecule has 1 amide bonds. The highest BCUT2D eigenvalue weighted by Gasteiger charge is 2.12. The smallest absolute Gasteiger partial charge is 0.232 e. The Morgan fingerprint density at radius 2 is 2.27 bits per heavy atom. The van der Waals surface area contributed by atoms with Crippen molar-refractivity contribution in [3.8, 4) is 0 Å². The number of benzene rings is 1. The monoisotopic (exact) mass is 321 g/mol. The van der Waals surface area contributed by atoms with Gasteiger partial charge in [0.15, 0.2) is 0 Å². The van der Waals surface area contributed by atoms with E-state index in [4.69, 9.17) is 0 Å². The zero-order chi connectivity index (χ0) is 15.8. The minimum Gasteiger partial charge on any atom is -0.338 e. The van der Waals surface area contributed by atoms with Crippen molar-refractivity contribution in [3.63, 3.8) is 0 Å². The van der Waals surface area contributed by atoms with Gasteiger partial charge in [-0.3, -0.25) is 9.48 Å². The fourth-order valence-electron chi connectivity index (χ4n) is 2.07. The molecule has 2 rings (SSSR count). The molecule has 0 saturated heterocycles. The van der Waals surface area contributed by atoms with Crippen LogP contribution in [-0.4, -0.2) is 38.6 Å². The van der Waals surface area contributed by atoms with Crippen LogP contribution < -0.4 is 0 Å². The molecule has 6 heteroatoms. The van der Waals surface area contributed by atoms with E-state index in [0.29, 0.717) is 18.8 Å². The summed E-state index contributed by atoms with van der Waals surface area (Å²) >= 11 is 1.59. The van der Waals surface area contributed by atoms with E-state index in [1.807, 2.05) is 29.9 Å². The van der Waals surface area contributed by atoms with Gasteiger partial charge in [0, 0.05) is 37.8 Å².